The van der Waals surface area contributed by atoms with Crippen LogP contribution in [0.5, 0.6) is 0 Å². The van der Waals surface area contributed by atoms with Crippen LogP contribution in [0.2, 0.25) is 0 Å². The van der Waals surface area contributed by atoms with Gasteiger partial charge < -0.3 is 10.2 Å². The number of hydrogen-bond donors (Lipinski definition) is 1. The molecule has 0 saturated heterocycles. The number of halogens is 3. The summed E-state index contributed by atoms with van der Waals surface area (Å²) in [6, 6.07) is 4.06. The molecule has 0 radical (unpaired) electrons. The Hall–Kier alpha value is -1.49. The minimum absolute atomic E-state index is 0.0383. The van der Waals surface area contributed by atoms with Crippen molar-refractivity contribution < 1.29 is 17.6 Å². The van der Waals surface area contributed by atoms with Crippen molar-refractivity contribution in [2.75, 3.05) is 0 Å². The van der Waals surface area contributed by atoms with Crippen molar-refractivity contribution in [1.29, 1.82) is 0 Å². The summed E-state index contributed by atoms with van der Waals surface area (Å²) >= 11 is 0. The molecule has 2 nitrogen and oxygen atoms in total. The molecule has 1 aromatic heterocycles. The Balaban J connectivity index is 2.52. The summed E-state index contributed by atoms with van der Waals surface area (Å²) in [6.45, 7) is 0. The summed E-state index contributed by atoms with van der Waals surface area (Å²) in [4.78, 5) is 0. The minimum atomic E-state index is -2.73. The maximum Gasteiger partial charge on any atom is 0.260 e. The number of para-hydroxylation sites is 1. The summed E-state index contributed by atoms with van der Waals surface area (Å²) in [6.07, 6.45) is -2.73. The number of furan rings is 1. The van der Waals surface area contributed by atoms with Crippen LogP contribution in [0, 0.1) is 5.82 Å². The molecule has 2 rings (SSSR count). The first-order valence-electron chi connectivity index (χ1n) is 4.31. The van der Waals surface area contributed by atoms with Crippen LogP contribution in [0.25, 0.3) is 11.0 Å². The predicted octanol–water partition coefficient (Wildman–Crippen LogP) is 2.84. The van der Waals surface area contributed by atoms with Gasteiger partial charge in [0.05, 0.1) is 0 Å². The van der Waals surface area contributed by atoms with Gasteiger partial charge in [0.15, 0.2) is 11.4 Å². The van der Waals surface area contributed by atoms with Gasteiger partial charge in [0.2, 0.25) is 0 Å². The van der Waals surface area contributed by atoms with E-state index in [9.17, 15) is 13.2 Å². The second-order valence-electron chi connectivity index (χ2n) is 3.17. The maximum absolute atomic E-state index is 13.1. The molecule has 2 aromatic rings. The molecule has 1 atom stereocenters. The van der Waals surface area contributed by atoms with Gasteiger partial charge in [-0.25, -0.2) is 13.2 Å². The summed E-state index contributed by atoms with van der Waals surface area (Å²) in [5.41, 5.74) is 5.15. The molecule has 1 heterocycles. The summed E-state index contributed by atoms with van der Waals surface area (Å²) in [5.74, 6) is -0.690. The molecule has 0 saturated carbocycles. The molecule has 0 bridgehead atoms. The lowest BCUT2D eigenvalue weighted by molar-refractivity contribution is 0.107. The monoisotopic (exact) mass is 215 g/mol. The van der Waals surface area contributed by atoms with E-state index in [1.165, 1.54) is 18.2 Å². The third-order valence-electron chi connectivity index (χ3n) is 2.12. The molecular formula is C10H8F3NO. The second kappa shape index (κ2) is 3.58. The molecule has 2 N–H and O–H groups in total. The molecule has 0 aliphatic carbocycles. The quantitative estimate of drug-likeness (QED) is 0.836. The highest BCUT2D eigenvalue weighted by atomic mass is 19.3. The van der Waals surface area contributed by atoms with Crippen molar-refractivity contribution in [3.63, 3.8) is 0 Å². The van der Waals surface area contributed by atoms with Crippen molar-refractivity contribution >= 4 is 11.0 Å². The normalized spacial score (nSPS) is 13.7. The van der Waals surface area contributed by atoms with Crippen LogP contribution in [0.3, 0.4) is 0 Å². The van der Waals surface area contributed by atoms with Gasteiger partial charge in [-0.3, -0.25) is 0 Å². The first kappa shape index (κ1) is 10.0. The van der Waals surface area contributed by atoms with E-state index in [-0.39, 0.29) is 11.3 Å². The molecule has 15 heavy (non-hydrogen) atoms. The van der Waals surface area contributed by atoms with Crippen LogP contribution in [0.15, 0.2) is 28.7 Å². The van der Waals surface area contributed by atoms with E-state index in [2.05, 4.69) is 0 Å². The van der Waals surface area contributed by atoms with Gasteiger partial charge in [0.25, 0.3) is 6.43 Å². The van der Waals surface area contributed by atoms with Gasteiger partial charge in [-0.1, -0.05) is 12.1 Å². The Morgan fingerprint density at radius 2 is 2.00 bits per heavy atom. The van der Waals surface area contributed by atoms with Gasteiger partial charge in [-0.15, -0.1) is 0 Å². The van der Waals surface area contributed by atoms with Crippen LogP contribution in [-0.4, -0.2) is 6.43 Å². The van der Waals surface area contributed by atoms with Crippen molar-refractivity contribution in [3.05, 3.63) is 35.8 Å². The Bertz CT molecular complexity index is 480. The lowest BCUT2D eigenvalue weighted by Gasteiger charge is -2.05. The second-order valence-corrected chi connectivity index (χ2v) is 3.17. The van der Waals surface area contributed by atoms with Crippen molar-refractivity contribution in [2.45, 2.75) is 12.5 Å². The Morgan fingerprint density at radius 3 is 2.60 bits per heavy atom. The molecule has 80 valence electrons. The van der Waals surface area contributed by atoms with Crippen LogP contribution in [-0.2, 0) is 0 Å². The lowest BCUT2D eigenvalue weighted by atomic mass is 10.2. The molecule has 0 fully saturated rings. The maximum atomic E-state index is 13.1. The summed E-state index contributed by atoms with van der Waals surface area (Å²) in [7, 11) is 0. The van der Waals surface area contributed by atoms with Crippen LogP contribution in [0.4, 0.5) is 13.2 Å². The fraction of sp³-hybridized carbons (Fsp3) is 0.200. The van der Waals surface area contributed by atoms with E-state index in [4.69, 9.17) is 10.2 Å². The topological polar surface area (TPSA) is 39.2 Å². The number of rotatable bonds is 2. The van der Waals surface area contributed by atoms with E-state index >= 15 is 0 Å². The van der Waals surface area contributed by atoms with Crippen LogP contribution in [0.1, 0.15) is 11.8 Å². The van der Waals surface area contributed by atoms with E-state index in [1.807, 2.05) is 0 Å². The zero-order valence-corrected chi connectivity index (χ0v) is 7.58. The van der Waals surface area contributed by atoms with Crippen LogP contribution < -0.4 is 5.73 Å². The summed E-state index contributed by atoms with van der Waals surface area (Å²) in [5, 5.41) is 0.432. The Kier molecular flexibility index (Phi) is 2.40. The largest absolute Gasteiger partial charge is 0.456 e. The summed E-state index contributed by atoms with van der Waals surface area (Å²) < 4.78 is 42.6. The predicted molar refractivity (Wildman–Crippen MR) is 49.1 cm³/mol. The lowest BCUT2D eigenvalue weighted by Crippen LogP contribution is -2.17. The number of hydrogen-bond acceptors (Lipinski definition) is 2. The molecular weight excluding hydrogens is 207 g/mol. The molecule has 5 heteroatoms. The van der Waals surface area contributed by atoms with Gasteiger partial charge in [0, 0.05) is 5.39 Å². The standard InChI is InChI=1S/C10H8F3NO/c11-6-3-1-2-5-4-7(15-9(5)6)8(14)10(12)13/h1-4,8,10H,14H2. The third kappa shape index (κ3) is 1.70. The zero-order chi connectivity index (χ0) is 11.0. The average molecular weight is 215 g/mol. The molecule has 0 amide bonds. The van der Waals surface area contributed by atoms with Crippen LogP contribution >= 0.6 is 0 Å². The first-order chi connectivity index (χ1) is 7.09. The highest BCUT2D eigenvalue weighted by Gasteiger charge is 2.22. The Labute approximate surface area is 83.5 Å². The molecule has 1 unspecified atom stereocenters. The van der Waals surface area contributed by atoms with Crippen molar-refractivity contribution in [1.82, 2.24) is 0 Å². The number of fused-ring (bicyclic) bond motifs is 1. The third-order valence-corrected chi connectivity index (χ3v) is 2.12. The molecule has 0 aliphatic rings. The van der Waals surface area contributed by atoms with E-state index < -0.39 is 18.3 Å². The van der Waals surface area contributed by atoms with Crippen molar-refractivity contribution in [2.24, 2.45) is 5.73 Å². The molecule has 0 spiro atoms. The average Bonchev–Trinajstić information content (AvgIpc) is 2.61. The SMILES string of the molecule is NC(c1cc2cccc(F)c2o1)C(F)F. The van der Waals surface area contributed by atoms with E-state index in [1.54, 1.807) is 6.07 Å². The number of benzene rings is 1. The highest BCUT2D eigenvalue weighted by Crippen LogP contribution is 2.27. The zero-order valence-electron chi connectivity index (χ0n) is 7.58. The van der Waals surface area contributed by atoms with Gasteiger partial charge in [-0.05, 0) is 12.1 Å². The fourth-order valence-corrected chi connectivity index (χ4v) is 1.34. The smallest absolute Gasteiger partial charge is 0.260 e. The highest BCUT2D eigenvalue weighted by molar-refractivity contribution is 5.78. The van der Waals surface area contributed by atoms with Gasteiger partial charge in [-0.2, -0.15) is 0 Å². The minimum Gasteiger partial charge on any atom is -0.456 e. The Morgan fingerprint density at radius 1 is 1.27 bits per heavy atom. The fourth-order valence-electron chi connectivity index (χ4n) is 1.34. The van der Waals surface area contributed by atoms with Gasteiger partial charge >= 0.3 is 0 Å². The first-order valence-corrected chi connectivity index (χ1v) is 4.31. The van der Waals surface area contributed by atoms with E-state index in [0.717, 1.165) is 0 Å². The van der Waals surface area contributed by atoms with Crippen molar-refractivity contribution in [3.8, 4) is 0 Å². The molecule has 0 aliphatic heterocycles. The number of alkyl halides is 2. The van der Waals surface area contributed by atoms with E-state index in [0.29, 0.717) is 5.39 Å². The van der Waals surface area contributed by atoms with Gasteiger partial charge in [0.1, 0.15) is 11.8 Å². The molecule has 1 aromatic carbocycles. The number of nitrogens with two attached hydrogens (primary N) is 1.